The third-order valence-corrected chi connectivity index (χ3v) is 6.43. The zero-order valence-corrected chi connectivity index (χ0v) is 13.1. The van der Waals surface area contributed by atoms with Gasteiger partial charge in [-0.1, -0.05) is 11.6 Å². The van der Waals surface area contributed by atoms with Crippen LogP contribution in [0, 0.1) is 24.7 Å². The number of nitrogens with one attached hydrogen (secondary N) is 1. The molecule has 0 aliphatic heterocycles. The molecule has 6 rings (SSSR count). The molecule has 2 aromatic rings. The van der Waals surface area contributed by atoms with Crippen molar-refractivity contribution in [2.75, 3.05) is 0 Å². The van der Waals surface area contributed by atoms with Gasteiger partial charge in [-0.2, -0.15) is 0 Å². The van der Waals surface area contributed by atoms with E-state index >= 15 is 0 Å². The molecule has 4 fully saturated rings. The molecule has 21 heavy (non-hydrogen) atoms. The molecule has 4 aliphatic carbocycles. The Kier molecular flexibility index (Phi) is 2.38. The van der Waals surface area contributed by atoms with Crippen LogP contribution in [0.2, 0.25) is 5.15 Å². The second-order valence-electron chi connectivity index (χ2n) is 7.70. The fourth-order valence-corrected chi connectivity index (χ4v) is 6.08. The number of halogens is 1. The van der Waals surface area contributed by atoms with E-state index in [9.17, 15) is 0 Å². The minimum Gasteiger partial charge on any atom is -0.354 e. The van der Waals surface area contributed by atoms with Crippen LogP contribution in [0.25, 0.3) is 11.0 Å². The lowest BCUT2D eigenvalue weighted by molar-refractivity contribution is -0.00687. The Morgan fingerprint density at radius 3 is 2.33 bits per heavy atom. The van der Waals surface area contributed by atoms with Gasteiger partial charge >= 0.3 is 0 Å². The summed E-state index contributed by atoms with van der Waals surface area (Å²) in [4.78, 5) is 12.4. The van der Waals surface area contributed by atoms with Crippen LogP contribution in [0.5, 0.6) is 0 Å². The normalized spacial score (nSPS) is 37.5. The highest BCUT2D eigenvalue weighted by Gasteiger charge is 2.52. The van der Waals surface area contributed by atoms with Crippen LogP contribution >= 0.6 is 11.6 Å². The van der Waals surface area contributed by atoms with E-state index in [1.165, 1.54) is 44.2 Å². The molecule has 3 nitrogen and oxygen atoms in total. The second kappa shape index (κ2) is 4.01. The first-order valence-corrected chi connectivity index (χ1v) is 8.52. The third kappa shape index (κ3) is 1.73. The Morgan fingerprint density at radius 2 is 1.71 bits per heavy atom. The minimum atomic E-state index is 0.368. The molecule has 4 bridgehead atoms. The monoisotopic (exact) mass is 301 g/mol. The standard InChI is InChI=1S/C17H20ClN3/c1-9-19-13-5-14(21-15(13)16(18)20-9)17-6-10-2-11(7-17)4-12(3-10)8-17/h5,10-12,21H,2-4,6-8H2,1H3. The first kappa shape index (κ1) is 12.5. The van der Waals surface area contributed by atoms with Crippen molar-refractivity contribution in [3.05, 3.63) is 22.7 Å². The molecule has 0 aromatic carbocycles. The van der Waals surface area contributed by atoms with Crippen LogP contribution in [-0.2, 0) is 5.41 Å². The van der Waals surface area contributed by atoms with E-state index in [1.807, 2.05) is 6.92 Å². The maximum atomic E-state index is 6.30. The lowest BCUT2D eigenvalue weighted by Gasteiger charge is -2.56. The van der Waals surface area contributed by atoms with Gasteiger partial charge in [-0.05, 0) is 69.3 Å². The van der Waals surface area contributed by atoms with Crippen LogP contribution in [-0.4, -0.2) is 15.0 Å². The summed E-state index contributed by atoms with van der Waals surface area (Å²) in [5.41, 5.74) is 3.65. The van der Waals surface area contributed by atoms with E-state index < -0.39 is 0 Å². The zero-order valence-electron chi connectivity index (χ0n) is 12.3. The average molecular weight is 302 g/mol. The molecule has 110 valence electrons. The molecule has 2 aromatic heterocycles. The SMILES string of the molecule is Cc1nc(Cl)c2[nH]c(C34CC5CC(CC(C5)C3)C4)cc2n1. The highest BCUT2D eigenvalue weighted by atomic mass is 35.5. The molecule has 4 heteroatoms. The smallest absolute Gasteiger partial charge is 0.156 e. The van der Waals surface area contributed by atoms with E-state index in [0.717, 1.165) is 34.6 Å². The van der Waals surface area contributed by atoms with Crippen LogP contribution in [0.15, 0.2) is 6.07 Å². The molecular formula is C17H20ClN3. The van der Waals surface area contributed by atoms with Crippen LogP contribution in [0.3, 0.4) is 0 Å². The molecule has 0 atom stereocenters. The summed E-state index contributed by atoms with van der Waals surface area (Å²) in [6.45, 7) is 1.91. The first-order valence-electron chi connectivity index (χ1n) is 8.15. The number of aryl methyl sites for hydroxylation is 1. The number of hydrogen-bond donors (Lipinski definition) is 1. The largest absolute Gasteiger partial charge is 0.354 e. The Balaban J connectivity index is 1.65. The lowest BCUT2D eigenvalue weighted by Crippen LogP contribution is -2.48. The molecule has 0 amide bonds. The van der Waals surface area contributed by atoms with Crippen molar-refractivity contribution in [2.24, 2.45) is 17.8 Å². The summed E-state index contributed by atoms with van der Waals surface area (Å²) < 4.78 is 0. The van der Waals surface area contributed by atoms with E-state index in [0.29, 0.717) is 10.6 Å². The Hall–Kier alpha value is -1.09. The van der Waals surface area contributed by atoms with Crippen LogP contribution in [0.4, 0.5) is 0 Å². The van der Waals surface area contributed by atoms with E-state index in [4.69, 9.17) is 11.6 Å². The van der Waals surface area contributed by atoms with Gasteiger partial charge in [-0.3, -0.25) is 0 Å². The van der Waals surface area contributed by atoms with Gasteiger partial charge in [0.1, 0.15) is 11.3 Å². The fraction of sp³-hybridized carbons (Fsp3) is 0.647. The summed E-state index contributed by atoms with van der Waals surface area (Å²) in [5.74, 6) is 3.60. The molecule has 4 aliphatic rings. The highest BCUT2D eigenvalue weighted by molar-refractivity contribution is 6.33. The van der Waals surface area contributed by atoms with Crippen molar-refractivity contribution in [1.82, 2.24) is 15.0 Å². The molecule has 4 saturated carbocycles. The van der Waals surface area contributed by atoms with Gasteiger partial charge < -0.3 is 4.98 Å². The van der Waals surface area contributed by atoms with Gasteiger partial charge in [-0.25, -0.2) is 9.97 Å². The van der Waals surface area contributed by atoms with Crippen LogP contribution in [0.1, 0.15) is 50.0 Å². The maximum absolute atomic E-state index is 6.30. The third-order valence-electron chi connectivity index (χ3n) is 6.15. The van der Waals surface area contributed by atoms with Gasteiger partial charge in [0, 0.05) is 11.1 Å². The second-order valence-corrected chi connectivity index (χ2v) is 8.06. The topological polar surface area (TPSA) is 41.6 Å². The van der Waals surface area contributed by atoms with E-state index in [2.05, 4.69) is 21.0 Å². The zero-order chi connectivity index (χ0) is 14.2. The van der Waals surface area contributed by atoms with Gasteiger partial charge in [0.05, 0.1) is 5.52 Å². The van der Waals surface area contributed by atoms with Crippen molar-refractivity contribution in [1.29, 1.82) is 0 Å². The van der Waals surface area contributed by atoms with Gasteiger partial charge in [-0.15, -0.1) is 0 Å². The number of hydrogen-bond acceptors (Lipinski definition) is 2. The number of fused-ring (bicyclic) bond motifs is 1. The number of aromatic nitrogens is 3. The molecular weight excluding hydrogens is 282 g/mol. The number of aromatic amines is 1. The summed E-state index contributed by atoms with van der Waals surface area (Å²) >= 11 is 6.30. The summed E-state index contributed by atoms with van der Waals surface area (Å²) in [6, 6.07) is 2.25. The highest BCUT2D eigenvalue weighted by Crippen LogP contribution is 2.60. The van der Waals surface area contributed by atoms with Crippen molar-refractivity contribution in [3.63, 3.8) is 0 Å². The van der Waals surface area contributed by atoms with Crippen molar-refractivity contribution in [2.45, 2.75) is 50.9 Å². The quantitative estimate of drug-likeness (QED) is 0.794. The molecule has 0 unspecified atom stereocenters. The van der Waals surface area contributed by atoms with E-state index in [1.54, 1.807) is 0 Å². The summed E-state index contributed by atoms with van der Waals surface area (Å²) in [7, 11) is 0. The molecule has 0 saturated heterocycles. The lowest BCUT2D eigenvalue weighted by atomic mass is 9.49. The average Bonchev–Trinajstić information content (AvgIpc) is 2.82. The molecule has 2 heterocycles. The molecule has 0 radical (unpaired) electrons. The first-order chi connectivity index (χ1) is 10.1. The summed E-state index contributed by atoms with van der Waals surface area (Å²) in [6.07, 6.45) is 8.49. The van der Waals surface area contributed by atoms with E-state index in [-0.39, 0.29) is 0 Å². The predicted octanol–water partition coefficient (Wildman–Crippen LogP) is 4.39. The Labute approximate surface area is 129 Å². The predicted molar refractivity (Wildman–Crippen MR) is 83.5 cm³/mol. The van der Waals surface area contributed by atoms with Crippen LogP contribution < -0.4 is 0 Å². The number of rotatable bonds is 1. The van der Waals surface area contributed by atoms with Gasteiger partial charge in [0.2, 0.25) is 0 Å². The summed E-state index contributed by atoms with van der Waals surface area (Å²) in [5, 5.41) is 0.563. The van der Waals surface area contributed by atoms with Gasteiger partial charge in [0.15, 0.2) is 5.15 Å². The molecule has 0 spiro atoms. The van der Waals surface area contributed by atoms with Crippen molar-refractivity contribution >= 4 is 22.6 Å². The van der Waals surface area contributed by atoms with Gasteiger partial charge in [0.25, 0.3) is 0 Å². The van der Waals surface area contributed by atoms with Crippen molar-refractivity contribution in [3.8, 4) is 0 Å². The minimum absolute atomic E-state index is 0.368. The Bertz CT molecular complexity index is 698. The fourth-order valence-electron chi connectivity index (χ4n) is 5.81. The molecule has 1 N–H and O–H groups in total. The van der Waals surface area contributed by atoms with Crippen molar-refractivity contribution < 1.29 is 0 Å². The number of H-pyrrole nitrogens is 1. The maximum Gasteiger partial charge on any atom is 0.156 e. The number of nitrogens with zero attached hydrogens (tertiary/aromatic N) is 2. The Morgan fingerprint density at radius 1 is 1.10 bits per heavy atom.